The SMILES string of the molecule is O=C(Nc1nnc(-c2cc3ccccc3o2)o1)[C@@H]1COc2ccccc2O1. The topological polar surface area (TPSA) is 99.6 Å². The number of nitrogens with one attached hydrogen (secondary N) is 1. The quantitative estimate of drug-likeness (QED) is 0.596. The lowest BCUT2D eigenvalue weighted by atomic mass is 10.2. The van der Waals surface area contributed by atoms with Crippen LogP contribution in [0, 0.1) is 0 Å². The van der Waals surface area contributed by atoms with Gasteiger partial charge in [0.15, 0.2) is 17.3 Å². The number of furan rings is 1. The minimum absolute atomic E-state index is 0.0436. The third-order valence-corrected chi connectivity index (χ3v) is 4.09. The van der Waals surface area contributed by atoms with Crippen molar-refractivity contribution in [1.29, 1.82) is 0 Å². The molecule has 0 saturated carbocycles. The second-order valence-corrected chi connectivity index (χ2v) is 5.91. The Morgan fingerprint density at radius 3 is 2.70 bits per heavy atom. The van der Waals surface area contributed by atoms with E-state index in [0.717, 1.165) is 5.39 Å². The molecule has 1 atom stereocenters. The number of carbonyl (C=O) groups excluding carboxylic acids is 1. The van der Waals surface area contributed by atoms with Gasteiger partial charge < -0.3 is 18.3 Å². The number of aromatic nitrogens is 2. The predicted molar refractivity (Wildman–Crippen MR) is 94.5 cm³/mol. The smallest absolute Gasteiger partial charge is 0.322 e. The van der Waals surface area contributed by atoms with Crippen molar-refractivity contribution >= 4 is 22.9 Å². The van der Waals surface area contributed by atoms with Crippen molar-refractivity contribution in [1.82, 2.24) is 10.2 Å². The van der Waals surface area contributed by atoms with Crippen molar-refractivity contribution in [3.05, 3.63) is 54.6 Å². The first-order chi connectivity index (χ1) is 13.3. The number of para-hydroxylation sites is 3. The monoisotopic (exact) mass is 363 g/mol. The Bertz CT molecular complexity index is 1100. The first-order valence-electron chi connectivity index (χ1n) is 8.28. The van der Waals surface area contributed by atoms with E-state index >= 15 is 0 Å². The molecule has 1 N–H and O–H groups in total. The standard InChI is InChI=1S/C19H13N3O5/c23-17(16-10-24-13-7-3-4-8-14(13)26-16)20-19-22-21-18(27-19)15-9-11-5-1-2-6-12(11)25-15/h1-9,16H,10H2,(H,20,22,23)/t16-/m0/s1. The van der Waals surface area contributed by atoms with Gasteiger partial charge in [-0.1, -0.05) is 35.4 Å². The molecule has 0 spiro atoms. The molecule has 4 aromatic rings. The van der Waals surface area contributed by atoms with E-state index in [0.29, 0.717) is 22.8 Å². The molecule has 134 valence electrons. The Kier molecular flexibility index (Phi) is 3.53. The van der Waals surface area contributed by atoms with Crippen molar-refractivity contribution in [2.45, 2.75) is 6.10 Å². The van der Waals surface area contributed by atoms with Crippen LogP contribution < -0.4 is 14.8 Å². The fraction of sp³-hybridized carbons (Fsp3) is 0.105. The zero-order valence-corrected chi connectivity index (χ0v) is 13.9. The molecule has 2 aromatic heterocycles. The van der Waals surface area contributed by atoms with E-state index < -0.39 is 12.0 Å². The second-order valence-electron chi connectivity index (χ2n) is 5.91. The normalized spacial score (nSPS) is 15.6. The van der Waals surface area contributed by atoms with E-state index in [1.165, 1.54) is 0 Å². The maximum Gasteiger partial charge on any atom is 0.322 e. The molecular formula is C19H13N3O5. The van der Waals surface area contributed by atoms with E-state index in [-0.39, 0.29) is 18.5 Å². The molecule has 2 aromatic carbocycles. The van der Waals surface area contributed by atoms with Gasteiger partial charge in [-0.25, -0.2) is 0 Å². The fourth-order valence-electron chi connectivity index (χ4n) is 2.80. The van der Waals surface area contributed by atoms with Gasteiger partial charge >= 0.3 is 6.01 Å². The highest BCUT2D eigenvalue weighted by atomic mass is 16.6. The number of hydrogen-bond acceptors (Lipinski definition) is 7. The maximum absolute atomic E-state index is 12.4. The predicted octanol–water partition coefficient (Wildman–Crippen LogP) is 3.26. The summed E-state index contributed by atoms with van der Waals surface area (Å²) in [6.45, 7) is 0.0907. The molecule has 0 fully saturated rings. The Hall–Kier alpha value is -3.81. The van der Waals surface area contributed by atoms with Gasteiger partial charge in [-0.05, 0) is 24.3 Å². The number of benzene rings is 2. The van der Waals surface area contributed by atoms with E-state index in [9.17, 15) is 4.79 Å². The van der Waals surface area contributed by atoms with Crippen molar-refractivity contribution in [3.8, 4) is 23.1 Å². The fourth-order valence-corrected chi connectivity index (χ4v) is 2.80. The molecule has 1 aliphatic rings. The molecule has 5 rings (SSSR count). The summed E-state index contributed by atoms with van der Waals surface area (Å²) >= 11 is 0. The Labute approximate surface area is 152 Å². The van der Waals surface area contributed by atoms with Crippen molar-refractivity contribution in [3.63, 3.8) is 0 Å². The molecule has 27 heavy (non-hydrogen) atoms. The van der Waals surface area contributed by atoms with Gasteiger partial charge in [0.05, 0.1) is 0 Å². The number of rotatable bonds is 3. The molecule has 0 unspecified atom stereocenters. The molecule has 0 bridgehead atoms. The van der Waals surface area contributed by atoms with Crippen LogP contribution in [0.15, 0.2) is 63.4 Å². The average Bonchev–Trinajstić information content (AvgIpc) is 3.34. The summed E-state index contributed by atoms with van der Waals surface area (Å²) in [5.74, 6) is 1.27. The molecule has 0 aliphatic carbocycles. The minimum atomic E-state index is -0.818. The van der Waals surface area contributed by atoms with Gasteiger partial charge in [-0.15, -0.1) is 5.10 Å². The van der Waals surface area contributed by atoms with Gasteiger partial charge in [-0.2, -0.15) is 0 Å². The molecule has 1 aliphatic heterocycles. The lowest BCUT2D eigenvalue weighted by Gasteiger charge is -2.24. The number of fused-ring (bicyclic) bond motifs is 2. The van der Waals surface area contributed by atoms with Gasteiger partial charge in [-0.3, -0.25) is 10.1 Å². The zero-order chi connectivity index (χ0) is 18.2. The van der Waals surface area contributed by atoms with Crippen LogP contribution in [0.4, 0.5) is 6.01 Å². The number of amides is 1. The van der Waals surface area contributed by atoms with Crippen LogP contribution in [0.3, 0.4) is 0 Å². The molecule has 8 nitrogen and oxygen atoms in total. The highest BCUT2D eigenvalue weighted by Crippen LogP contribution is 2.31. The highest BCUT2D eigenvalue weighted by molar-refractivity contribution is 5.93. The largest absolute Gasteiger partial charge is 0.485 e. The highest BCUT2D eigenvalue weighted by Gasteiger charge is 2.28. The van der Waals surface area contributed by atoms with Gasteiger partial charge in [0, 0.05) is 5.39 Å². The van der Waals surface area contributed by atoms with Crippen molar-refractivity contribution in [2.75, 3.05) is 11.9 Å². The summed E-state index contributed by atoms with van der Waals surface area (Å²) in [6.07, 6.45) is -0.818. The number of hydrogen-bond donors (Lipinski definition) is 1. The molecule has 0 saturated heterocycles. The molecular weight excluding hydrogens is 350 g/mol. The first kappa shape index (κ1) is 15.4. The van der Waals surface area contributed by atoms with Crippen LogP contribution >= 0.6 is 0 Å². The summed E-state index contributed by atoms with van der Waals surface area (Å²) < 4.78 is 22.3. The Morgan fingerprint density at radius 1 is 1.00 bits per heavy atom. The summed E-state index contributed by atoms with van der Waals surface area (Å²) in [6, 6.07) is 16.4. The van der Waals surface area contributed by atoms with Gasteiger partial charge in [0.25, 0.3) is 11.8 Å². The Balaban J connectivity index is 1.31. The third-order valence-electron chi connectivity index (χ3n) is 4.09. The number of anilines is 1. The van der Waals surface area contributed by atoms with Gasteiger partial charge in [0.2, 0.25) is 6.10 Å². The van der Waals surface area contributed by atoms with Crippen LogP contribution in [0.2, 0.25) is 0 Å². The van der Waals surface area contributed by atoms with Gasteiger partial charge in [0.1, 0.15) is 12.2 Å². The van der Waals surface area contributed by atoms with E-state index in [1.807, 2.05) is 30.3 Å². The van der Waals surface area contributed by atoms with Crippen LogP contribution in [0.5, 0.6) is 11.5 Å². The van der Waals surface area contributed by atoms with Crippen molar-refractivity contribution in [2.24, 2.45) is 0 Å². The minimum Gasteiger partial charge on any atom is -0.485 e. The molecule has 0 radical (unpaired) electrons. The van der Waals surface area contributed by atoms with E-state index in [1.54, 1.807) is 24.3 Å². The maximum atomic E-state index is 12.4. The van der Waals surface area contributed by atoms with Crippen LogP contribution in [-0.2, 0) is 4.79 Å². The van der Waals surface area contributed by atoms with Crippen molar-refractivity contribution < 1.29 is 23.1 Å². The summed E-state index contributed by atoms with van der Waals surface area (Å²) in [7, 11) is 0. The number of nitrogens with zero attached hydrogens (tertiary/aromatic N) is 2. The summed E-state index contributed by atoms with van der Waals surface area (Å²) in [5, 5.41) is 11.2. The van der Waals surface area contributed by atoms with E-state index in [2.05, 4.69) is 15.5 Å². The molecule has 1 amide bonds. The number of ether oxygens (including phenoxy) is 2. The first-order valence-corrected chi connectivity index (χ1v) is 8.28. The Morgan fingerprint density at radius 2 is 1.81 bits per heavy atom. The third kappa shape index (κ3) is 2.86. The second kappa shape index (κ2) is 6.17. The van der Waals surface area contributed by atoms with Crippen LogP contribution in [0.25, 0.3) is 22.6 Å². The summed E-state index contributed by atoms with van der Waals surface area (Å²) in [5.41, 5.74) is 0.711. The van der Waals surface area contributed by atoms with Crippen LogP contribution in [0.1, 0.15) is 0 Å². The lowest BCUT2D eigenvalue weighted by molar-refractivity contribution is -0.125. The average molecular weight is 363 g/mol. The molecule has 8 heteroatoms. The zero-order valence-electron chi connectivity index (χ0n) is 13.9. The van der Waals surface area contributed by atoms with Crippen LogP contribution in [-0.4, -0.2) is 28.8 Å². The lowest BCUT2D eigenvalue weighted by Crippen LogP contribution is -2.40. The molecule has 3 heterocycles. The number of carbonyl (C=O) groups is 1. The summed E-state index contributed by atoms with van der Waals surface area (Å²) in [4.78, 5) is 12.4. The van der Waals surface area contributed by atoms with E-state index in [4.69, 9.17) is 18.3 Å².